The summed E-state index contributed by atoms with van der Waals surface area (Å²) in [6, 6.07) is 0. The Labute approximate surface area is 173 Å². The molecule has 4 aliphatic carbocycles. The molecule has 0 radical (unpaired) electrons. The maximum atomic E-state index is 10.2. The SMILES string of the molecule is C=C(CCC=C(C)C)C1CCC2[C@@H]3CC=C4C[C@@H](O)CC[C@]4(C)C3CC[C@]12C. The van der Waals surface area contributed by atoms with Crippen LogP contribution in [0.4, 0.5) is 0 Å². The smallest absolute Gasteiger partial charge is 0.0577 e. The van der Waals surface area contributed by atoms with Gasteiger partial charge in [0.05, 0.1) is 6.10 Å². The maximum absolute atomic E-state index is 10.2. The van der Waals surface area contributed by atoms with Crippen LogP contribution in [0.25, 0.3) is 0 Å². The molecule has 4 rings (SSSR count). The normalized spacial score (nSPS) is 44.8. The van der Waals surface area contributed by atoms with Crippen molar-refractivity contribution in [2.45, 2.75) is 98.0 Å². The molecule has 1 heteroatoms. The van der Waals surface area contributed by atoms with E-state index in [9.17, 15) is 5.11 Å². The number of aliphatic hydroxyl groups is 1. The minimum Gasteiger partial charge on any atom is -0.393 e. The first-order valence-corrected chi connectivity index (χ1v) is 11.9. The zero-order valence-electron chi connectivity index (χ0n) is 18.8. The van der Waals surface area contributed by atoms with Crippen LogP contribution < -0.4 is 0 Å². The lowest BCUT2D eigenvalue weighted by molar-refractivity contribution is -0.0456. The van der Waals surface area contributed by atoms with Gasteiger partial charge in [0.1, 0.15) is 0 Å². The summed E-state index contributed by atoms with van der Waals surface area (Å²) in [4.78, 5) is 0. The highest BCUT2D eigenvalue weighted by Crippen LogP contribution is 2.67. The van der Waals surface area contributed by atoms with Gasteiger partial charge in [-0.05, 0) is 113 Å². The molecule has 7 atom stereocenters. The highest BCUT2D eigenvalue weighted by molar-refractivity contribution is 5.26. The monoisotopic (exact) mass is 382 g/mol. The quantitative estimate of drug-likeness (QED) is 0.508. The van der Waals surface area contributed by atoms with Crippen LogP contribution in [-0.4, -0.2) is 11.2 Å². The highest BCUT2D eigenvalue weighted by Gasteiger charge is 2.58. The summed E-state index contributed by atoms with van der Waals surface area (Å²) in [6.45, 7) is 14.1. The highest BCUT2D eigenvalue weighted by atomic mass is 16.3. The number of allylic oxidation sites excluding steroid dienone is 4. The van der Waals surface area contributed by atoms with Gasteiger partial charge in [-0.15, -0.1) is 0 Å². The molecule has 4 aliphatic rings. The summed E-state index contributed by atoms with van der Waals surface area (Å²) in [5.41, 5.74) is 5.39. The predicted molar refractivity (Wildman–Crippen MR) is 119 cm³/mol. The van der Waals surface area contributed by atoms with Crippen molar-refractivity contribution in [3.63, 3.8) is 0 Å². The first-order chi connectivity index (χ1) is 13.3. The third-order valence-electron chi connectivity index (χ3n) is 9.59. The average molecular weight is 383 g/mol. The Kier molecular flexibility index (Phi) is 5.45. The molecule has 156 valence electrons. The fourth-order valence-electron chi connectivity index (χ4n) is 8.03. The third kappa shape index (κ3) is 3.26. The first-order valence-electron chi connectivity index (χ1n) is 11.9. The van der Waals surface area contributed by atoms with Crippen LogP contribution in [-0.2, 0) is 0 Å². The van der Waals surface area contributed by atoms with E-state index in [1.54, 1.807) is 5.57 Å². The molecule has 3 unspecified atom stereocenters. The lowest BCUT2D eigenvalue weighted by atomic mass is 9.47. The van der Waals surface area contributed by atoms with Crippen molar-refractivity contribution < 1.29 is 5.11 Å². The van der Waals surface area contributed by atoms with E-state index in [1.165, 1.54) is 56.1 Å². The van der Waals surface area contributed by atoms with Crippen molar-refractivity contribution in [1.82, 2.24) is 0 Å². The zero-order valence-corrected chi connectivity index (χ0v) is 18.8. The fraction of sp³-hybridized carbons (Fsp3) is 0.778. The molecule has 3 saturated carbocycles. The van der Waals surface area contributed by atoms with Gasteiger partial charge in [-0.25, -0.2) is 0 Å². The zero-order chi connectivity index (χ0) is 20.1. The van der Waals surface area contributed by atoms with Crippen molar-refractivity contribution in [2.24, 2.45) is 34.5 Å². The largest absolute Gasteiger partial charge is 0.393 e. The van der Waals surface area contributed by atoms with Crippen molar-refractivity contribution in [3.8, 4) is 0 Å². The van der Waals surface area contributed by atoms with E-state index in [-0.39, 0.29) is 6.10 Å². The molecular formula is C27H42O. The Balaban J connectivity index is 1.52. The number of rotatable bonds is 4. The van der Waals surface area contributed by atoms with Crippen LogP contribution in [0.15, 0.2) is 35.5 Å². The van der Waals surface area contributed by atoms with E-state index in [4.69, 9.17) is 0 Å². The van der Waals surface area contributed by atoms with E-state index in [0.29, 0.717) is 10.8 Å². The van der Waals surface area contributed by atoms with Crippen LogP contribution in [0.1, 0.15) is 91.9 Å². The Morgan fingerprint density at radius 2 is 1.93 bits per heavy atom. The number of fused-ring (bicyclic) bond motifs is 5. The van der Waals surface area contributed by atoms with Gasteiger partial charge in [0.15, 0.2) is 0 Å². The molecule has 0 aromatic rings. The summed E-state index contributed by atoms with van der Waals surface area (Å²) in [5, 5.41) is 10.2. The molecule has 0 saturated heterocycles. The molecule has 28 heavy (non-hydrogen) atoms. The second kappa shape index (κ2) is 7.46. The Morgan fingerprint density at radius 3 is 2.68 bits per heavy atom. The molecule has 0 aliphatic heterocycles. The molecule has 0 spiro atoms. The summed E-state index contributed by atoms with van der Waals surface area (Å²) in [6.07, 6.45) is 17.1. The van der Waals surface area contributed by atoms with Gasteiger partial charge < -0.3 is 5.11 Å². The first kappa shape index (κ1) is 20.5. The maximum Gasteiger partial charge on any atom is 0.0577 e. The summed E-state index contributed by atoms with van der Waals surface area (Å²) in [5.74, 6) is 3.31. The van der Waals surface area contributed by atoms with Crippen molar-refractivity contribution in [3.05, 3.63) is 35.5 Å². The van der Waals surface area contributed by atoms with Crippen molar-refractivity contribution >= 4 is 0 Å². The standard InChI is InChI=1S/C27H42O/c1-18(2)7-6-8-19(3)23-11-12-24-22-10-9-20-17-21(28)13-15-26(20,4)25(22)14-16-27(23,24)5/h7,9,21-25,28H,3,6,8,10-17H2,1-2,4-5H3/t21-,22-,23?,24?,25?,26-,27+/m0/s1. The third-order valence-corrected chi connectivity index (χ3v) is 9.59. The van der Waals surface area contributed by atoms with Gasteiger partial charge in [-0.3, -0.25) is 0 Å². The molecule has 0 amide bonds. The number of hydrogen-bond donors (Lipinski definition) is 1. The van der Waals surface area contributed by atoms with Gasteiger partial charge in [-0.2, -0.15) is 0 Å². The van der Waals surface area contributed by atoms with Gasteiger partial charge in [0.25, 0.3) is 0 Å². The minimum absolute atomic E-state index is 0.0928. The molecule has 1 nitrogen and oxygen atoms in total. The lowest BCUT2D eigenvalue weighted by Gasteiger charge is -2.58. The van der Waals surface area contributed by atoms with Crippen LogP contribution >= 0.6 is 0 Å². The van der Waals surface area contributed by atoms with Gasteiger partial charge in [0, 0.05) is 0 Å². The Hall–Kier alpha value is -0.820. The second-order valence-electron chi connectivity index (χ2n) is 11.3. The van der Waals surface area contributed by atoms with E-state index >= 15 is 0 Å². The van der Waals surface area contributed by atoms with Crippen LogP contribution in [0.3, 0.4) is 0 Å². The molecule has 1 N–H and O–H groups in total. The van der Waals surface area contributed by atoms with E-state index in [2.05, 4.69) is 46.4 Å². The van der Waals surface area contributed by atoms with Gasteiger partial charge >= 0.3 is 0 Å². The fourth-order valence-corrected chi connectivity index (χ4v) is 8.03. The van der Waals surface area contributed by atoms with Crippen LogP contribution in [0.5, 0.6) is 0 Å². The average Bonchev–Trinajstić information content (AvgIpc) is 2.99. The van der Waals surface area contributed by atoms with Gasteiger partial charge in [0.2, 0.25) is 0 Å². The molecule has 3 fully saturated rings. The summed E-state index contributed by atoms with van der Waals surface area (Å²) >= 11 is 0. The molecular weight excluding hydrogens is 340 g/mol. The topological polar surface area (TPSA) is 20.2 Å². The number of hydrogen-bond acceptors (Lipinski definition) is 1. The van der Waals surface area contributed by atoms with Crippen LogP contribution in [0, 0.1) is 34.5 Å². The van der Waals surface area contributed by atoms with E-state index in [1.807, 2.05) is 0 Å². The van der Waals surface area contributed by atoms with Crippen molar-refractivity contribution in [2.75, 3.05) is 0 Å². The molecule has 0 aromatic carbocycles. The number of aliphatic hydroxyl groups excluding tert-OH is 1. The lowest BCUT2D eigenvalue weighted by Crippen LogP contribution is -2.50. The molecule has 0 aromatic heterocycles. The van der Waals surface area contributed by atoms with Crippen LogP contribution in [0.2, 0.25) is 0 Å². The second-order valence-corrected chi connectivity index (χ2v) is 11.3. The summed E-state index contributed by atoms with van der Waals surface area (Å²) in [7, 11) is 0. The molecule has 0 bridgehead atoms. The van der Waals surface area contributed by atoms with E-state index in [0.717, 1.165) is 42.9 Å². The Morgan fingerprint density at radius 1 is 1.14 bits per heavy atom. The van der Waals surface area contributed by atoms with E-state index < -0.39 is 0 Å². The Bertz CT molecular complexity index is 680. The van der Waals surface area contributed by atoms with Gasteiger partial charge in [-0.1, -0.05) is 49.3 Å². The minimum atomic E-state index is -0.0928. The summed E-state index contributed by atoms with van der Waals surface area (Å²) < 4.78 is 0. The van der Waals surface area contributed by atoms with Crippen molar-refractivity contribution in [1.29, 1.82) is 0 Å². The molecule has 0 heterocycles. The predicted octanol–water partition coefficient (Wildman–Crippen LogP) is 7.23.